The van der Waals surface area contributed by atoms with Gasteiger partial charge in [0.2, 0.25) is 11.7 Å². The van der Waals surface area contributed by atoms with Crippen molar-refractivity contribution in [1.82, 2.24) is 15.0 Å². The van der Waals surface area contributed by atoms with Crippen LogP contribution in [0.1, 0.15) is 43.5 Å². The summed E-state index contributed by atoms with van der Waals surface area (Å²) >= 11 is 0. The van der Waals surface area contributed by atoms with E-state index in [1.54, 1.807) is 0 Å². The molecule has 1 aromatic rings. The Hall–Kier alpha value is -0.980. The molecule has 1 aliphatic heterocycles. The molecule has 1 saturated carbocycles. The first-order chi connectivity index (χ1) is 9.72. The number of hydrogen-bond acceptors (Lipinski definition) is 6. The Morgan fingerprint density at radius 1 is 1.40 bits per heavy atom. The van der Waals surface area contributed by atoms with Crippen LogP contribution >= 0.6 is 0 Å². The molecule has 6 nitrogen and oxygen atoms in total. The zero-order valence-corrected chi connectivity index (χ0v) is 12.1. The van der Waals surface area contributed by atoms with Gasteiger partial charge in [0.25, 0.3) is 0 Å². The Morgan fingerprint density at radius 3 is 2.95 bits per heavy atom. The summed E-state index contributed by atoms with van der Waals surface area (Å²) in [6, 6.07) is 0.140. The maximum atomic E-state index is 6.25. The third kappa shape index (κ3) is 3.19. The minimum absolute atomic E-state index is 0.0750. The molecule has 6 heteroatoms. The number of morpholine rings is 1. The average molecular weight is 280 g/mol. The summed E-state index contributed by atoms with van der Waals surface area (Å²) in [5.74, 6) is 1.92. The highest BCUT2D eigenvalue weighted by Crippen LogP contribution is 2.28. The van der Waals surface area contributed by atoms with Crippen LogP contribution in [0.4, 0.5) is 0 Å². The van der Waals surface area contributed by atoms with Gasteiger partial charge < -0.3 is 19.9 Å². The molecule has 1 saturated heterocycles. The second-order valence-corrected chi connectivity index (χ2v) is 6.08. The van der Waals surface area contributed by atoms with Crippen LogP contribution < -0.4 is 5.73 Å². The molecule has 2 N–H and O–H groups in total. The van der Waals surface area contributed by atoms with Gasteiger partial charge in [0.05, 0.1) is 6.61 Å². The van der Waals surface area contributed by atoms with Crippen LogP contribution in [0.3, 0.4) is 0 Å². The second kappa shape index (κ2) is 6.20. The summed E-state index contributed by atoms with van der Waals surface area (Å²) in [5.41, 5.74) is 6.25. The zero-order chi connectivity index (χ0) is 13.9. The van der Waals surface area contributed by atoms with Crippen LogP contribution in [-0.2, 0) is 11.2 Å². The summed E-state index contributed by atoms with van der Waals surface area (Å²) in [6.07, 6.45) is 5.68. The van der Waals surface area contributed by atoms with Gasteiger partial charge in [-0.05, 0) is 25.8 Å². The predicted molar refractivity (Wildman–Crippen MR) is 74.1 cm³/mol. The first-order valence-electron chi connectivity index (χ1n) is 7.60. The van der Waals surface area contributed by atoms with Crippen molar-refractivity contribution in [1.29, 1.82) is 0 Å². The molecule has 2 unspecified atom stereocenters. The smallest absolute Gasteiger partial charge is 0.228 e. The van der Waals surface area contributed by atoms with E-state index in [0.717, 1.165) is 13.1 Å². The highest BCUT2D eigenvalue weighted by atomic mass is 16.5. The standard InChI is InChI=1S/C14H24N4O2/c1-18-6-7-19-12(9-18)14-16-13(20-17-14)8-11(15)10-4-2-3-5-10/h10-12H,2-9,15H2,1H3. The van der Waals surface area contributed by atoms with E-state index in [4.69, 9.17) is 15.0 Å². The fraction of sp³-hybridized carbons (Fsp3) is 0.857. The lowest BCUT2D eigenvalue weighted by molar-refractivity contribution is -0.0264. The molecule has 1 aromatic heterocycles. The number of rotatable bonds is 4. The molecule has 20 heavy (non-hydrogen) atoms. The third-order valence-electron chi connectivity index (χ3n) is 4.46. The van der Waals surface area contributed by atoms with Gasteiger partial charge in [-0.15, -0.1) is 0 Å². The fourth-order valence-corrected chi connectivity index (χ4v) is 3.17. The van der Waals surface area contributed by atoms with Gasteiger partial charge in [-0.1, -0.05) is 18.0 Å². The van der Waals surface area contributed by atoms with Gasteiger partial charge in [0, 0.05) is 25.6 Å². The number of likely N-dealkylation sites (N-methyl/N-ethyl adjacent to an activating group) is 1. The molecule has 0 radical (unpaired) electrons. The van der Waals surface area contributed by atoms with Gasteiger partial charge in [0.1, 0.15) is 6.10 Å². The molecule has 3 rings (SSSR count). The first kappa shape index (κ1) is 14.0. The molecule has 0 bridgehead atoms. The van der Waals surface area contributed by atoms with E-state index in [0.29, 0.717) is 30.7 Å². The summed E-state index contributed by atoms with van der Waals surface area (Å²) in [4.78, 5) is 6.69. The van der Waals surface area contributed by atoms with Crippen molar-refractivity contribution in [3.8, 4) is 0 Å². The van der Waals surface area contributed by atoms with Crippen LogP contribution in [0.2, 0.25) is 0 Å². The molecule has 0 aromatic carbocycles. The number of nitrogens with two attached hydrogens (primary N) is 1. The van der Waals surface area contributed by atoms with E-state index < -0.39 is 0 Å². The maximum absolute atomic E-state index is 6.25. The maximum Gasteiger partial charge on any atom is 0.228 e. The zero-order valence-electron chi connectivity index (χ0n) is 12.1. The van der Waals surface area contributed by atoms with Crippen molar-refractivity contribution in [3.63, 3.8) is 0 Å². The largest absolute Gasteiger partial charge is 0.367 e. The Bertz CT molecular complexity index is 431. The fourth-order valence-electron chi connectivity index (χ4n) is 3.17. The van der Waals surface area contributed by atoms with Crippen LogP contribution in [0, 0.1) is 5.92 Å². The number of aromatic nitrogens is 2. The molecule has 2 aliphatic rings. The molecule has 1 aliphatic carbocycles. The average Bonchev–Trinajstić information content (AvgIpc) is 3.10. The quantitative estimate of drug-likeness (QED) is 0.891. The Balaban J connectivity index is 1.58. The molecule has 2 atom stereocenters. The molecular weight excluding hydrogens is 256 g/mol. The first-order valence-corrected chi connectivity index (χ1v) is 7.60. The minimum atomic E-state index is -0.0750. The monoisotopic (exact) mass is 280 g/mol. The second-order valence-electron chi connectivity index (χ2n) is 6.08. The summed E-state index contributed by atoms with van der Waals surface area (Å²) in [7, 11) is 2.08. The summed E-state index contributed by atoms with van der Waals surface area (Å²) < 4.78 is 11.0. The van der Waals surface area contributed by atoms with Gasteiger partial charge in [-0.2, -0.15) is 4.98 Å². The van der Waals surface area contributed by atoms with Crippen LogP contribution in [-0.4, -0.2) is 47.8 Å². The lowest BCUT2D eigenvalue weighted by Crippen LogP contribution is -2.35. The van der Waals surface area contributed by atoms with Crippen molar-refractivity contribution in [3.05, 3.63) is 11.7 Å². The Morgan fingerprint density at radius 2 is 2.20 bits per heavy atom. The molecule has 112 valence electrons. The SMILES string of the molecule is CN1CCOC(c2noc(CC(N)C3CCCC3)n2)C1. The van der Waals surface area contributed by atoms with E-state index in [-0.39, 0.29) is 12.1 Å². The number of ether oxygens (including phenoxy) is 1. The molecule has 0 spiro atoms. The molecule has 2 heterocycles. The van der Waals surface area contributed by atoms with E-state index >= 15 is 0 Å². The van der Waals surface area contributed by atoms with E-state index in [2.05, 4.69) is 22.1 Å². The van der Waals surface area contributed by atoms with Crippen molar-refractivity contribution in [2.45, 2.75) is 44.2 Å². The summed E-state index contributed by atoms with van der Waals surface area (Å²) in [6.45, 7) is 2.48. The highest BCUT2D eigenvalue weighted by molar-refractivity contribution is 4.96. The molecular formula is C14H24N4O2. The van der Waals surface area contributed by atoms with E-state index in [9.17, 15) is 0 Å². The molecule has 2 fully saturated rings. The van der Waals surface area contributed by atoms with Crippen molar-refractivity contribution < 1.29 is 9.26 Å². The van der Waals surface area contributed by atoms with Gasteiger partial charge in [0.15, 0.2) is 0 Å². The minimum Gasteiger partial charge on any atom is -0.367 e. The van der Waals surface area contributed by atoms with Gasteiger partial charge >= 0.3 is 0 Å². The van der Waals surface area contributed by atoms with Gasteiger partial charge in [-0.25, -0.2) is 0 Å². The highest BCUT2D eigenvalue weighted by Gasteiger charge is 2.27. The van der Waals surface area contributed by atoms with Crippen molar-refractivity contribution >= 4 is 0 Å². The Labute approximate surface area is 119 Å². The Kier molecular flexibility index (Phi) is 4.33. The summed E-state index contributed by atoms with van der Waals surface area (Å²) in [5, 5.41) is 4.06. The predicted octanol–water partition coefficient (Wildman–Crippen LogP) is 1.13. The van der Waals surface area contributed by atoms with E-state index in [1.165, 1.54) is 25.7 Å². The number of nitrogens with zero attached hydrogens (tertiary/aromatic N) is 3. The van der Waals surface area contributed by atoms with Crippen LogP contribution in [0.25, 0.3) is 0 Å². The normalized spacial score (nSPS) is 27.0. The van der Waals surface area contributed by atoms with Crippen molar-refractivity contribution in [2.75, 3.05) is 26.7 Å². The third-order valence-corrected chi connectivity index (χ3v) is 4.46. The van der Waals surface area contributed by atoms with Crippen LogP contribution in [0.5, 0.6) is 0 Å². The number of hydrogen-bond donors (Lipinski definition) is 1. The topological polar surface area (TPSA) is 77.4 Å². The lowest BCUT2D eigenvalue weighted by atomic mass is 9.96. The molecule has 0 amide bonds. The van der Waals surface area contributed by atoms with Gasteiger partial charge in [-0.3, -0.25) is 0 Å². The van der Waals surface area contributed by atoms with Crippen molar-refractivity contribution in [2.24, 2.45) is 11.7 Å². The van der Waals surface area contributed by atoms with Crippen LogP contribution in [0.15, 0.2) is 4.52 Å². The van der Waals surface area contributed by atoms with E-state index in [1.807, 2.05) is 0 Å². The lowest BCUT2D eigenvalue weighted by Gasteiger charge is -2.27.